The standard InChI is InChI=1S/C24H34N4O3/c1-25-24(26-16-21-22(30-3)14-20(29-2)15-23(21)31-4)27-19-10-12-28(13-11-19)17-18-8-6-5-7-9-18/h5-9,14-15,19H,10-13,16-17H2,1-4H3,(H2,25,26,27). The van der Waals surface area contributed by atoms with Crippen LogP contribution in [0.1, 0.15) is 24.0 Å². The number of rotatable bonds is 8. The first-order valence-electron chi connectivity index (χ1n) is 10.7. The monoisotopic (exact) mass is 426 g/mol. The molecule has 0 amide bonds. The number of hydrogen-bond acceptors (Lipinski definition) is 5. The number of aliphatic imine (C=N–C) groups is 1. The van der Waals surface area contributed by atoms with Gasteiger partial charge in [-0.2, -0.15) is 0 Å². The fourth-order valence-corrected chi connectivity index (χ4v) is 3.89. The first-order chi connectivity index (χ1) is 15.2. The molecule has 168 valence electrons. The lowest BCUT2D eigenvalue weighted by Crippen LogP contribution is -2.48. The predicted molar refractivity (Wildman–Crippen MR) is 124 cm³/mol. The van der Waals surface area contributed by atoms with Gasteiger partial charge < -0.3 is 24.8 Å². The van der Waals surface area contributed by atoms with Crippen molar-refractivity contribution in [3.63, 3.8) is 0 Å². The summed E-state index contributed by atoms with van der Waals surface area (Å²) in [4.78, 5) is 6.91. The molecule has 3 rings (SSSR count). The Labute approximate surface area is 185 Å². The van der Waals surface area contributed by atoms with Crippen LogP contribution in [-0.2, 0) is 13.1 Å². The molecule has 2 aromatic carbocycles. The SMILES string of the molecule is CN=C(NCc1c(OC)cc(OC)cc1OC)NC1CCN(Cc2ccccc2)CC1. The van der Waals surface area contributed by atoms with Crippen molar-refractivity contribution in [2.24, 2.45) is 4.99 Å². The van der Waals surface area contributed by atoms with Crippen LogP contribution in [0.4, 0.5) is 0 Å². The van der Waals surface area contributed by atoms with Gasteiger partial charge >= 0.3 is 0 Å². The molecular formula is C24H34N4O3. The number of nitrogens with one attached hydrogen (secondary N) is 2. The van der Waals surface area contributed by atoms with E-state index in [1.165, 1.54) is 5.56 Å². The third kappa shape index (κ3) is 6.28. The highest BCUT2D eigenvalue weighted by atomic mass is 16.5. The summed E-state index contributed by atoms with van der Waals surface area (Å²) in [6, 6.07) is 14.8. The lowest BCUT2D eigenvalue weighted by atomic mass is 10.0. The van der Waals surface area contributed by atoms with E-state index < -0.39 is 0 Å². The van der Waals surface area contributed by atoms with Gasteiger partial charge in [-0.05, 0) is 18.4 Å². The highest BCUT2D eigenvalue weighted by Crippen LogP contribution is 2.33. The van der Waals surface area contributed by atoms with E-state index in [9.17, 15) is 0 Å². The van der Waals surface area contributed by atoms with E-state index in [0.29, 0.717) is 29.8 Å². The minimum absolute atomic E-state index is 0.401. The van der Waals surface area contributed by atoms with Gasteiger partial charge in [0.05, 0.1) is 33.4 Å². The molecule has 1 aliphatic heterocycles. The van der Waals surface area contributed by atoms with Crippen LogP contribution in [-0.4, -0.2) is 58.4 Å². The molecule has 1 fully saturated rings. The zero-order chi connectivity index (χ0) is 22.1. The summed E-state index contributed by atoms with van der Waals surface area (Å²) in [6.07, 6.45) is 2.17. The molecule has 1 saturated heterocycles. The molecule has 1 aliphatic rings. The Hall–Kier alpha value is -2.93. The topological polar surface area (TPSA) is 67.4 Å². The summed E-state index contributed by atoms with van der Waals surface area (Å²) in [5.41, 5.74) is 2.29. The van der Waals surface area contributed by atoms with Gasteiger partial charge in [-0.25, -0.2) is 0 Å². The summed E-state index contributed by atoms with van der Waals surface area (Å²) in [5.74, 6) is 2.91. The maximum absolute atomic E-state index is 5.54. The molecule has 0 spiro atoms. The van der Waals surface area contributed by atoms with Gasteiger partial charge in [0.15, 0.2) is 5.96 Å². The van der Waals surface area contributed by atoms with Crippen LogP contribution >= 0.6 is 0 Å². The Bertz CT molecular complexity index is 824. The van der Waals surface area contributed by atoms with Crippen LogP contribution < -0.4 is 24.8 Å². The van der Waals surface area contributed by atoms with E-state index in [1.807, 2.05) is 12.1 Å². The number of methoxy groups -OCH3 is 3. The Morgan fingerprint density at radius 2 is 1.65 bits per heavy atom. The number of ether oxygens (including phenoxy) is 3. The molecule has 0 bridgehead atoms. The molecule has 1 heterocycles. The molecule has 0 saturated carbocycles. The van der Waals surface area contributed by atoms with Gasteiger partial charge in [0.2, 0.25) is 0 Å². The first-order valence-corrected chi connectivity index (χ1v) is 10.7. The lowest BCUT2D eigenvalue weighted by molar-refractivity contribution is 0.198. The molecule has 2 N–H and O–H groups in total. The minimum atomic E-state index is 0.401. The number of hydrogen-bond donors (Lipinski definition) is 2. The van der Waals surface area contributed by atoms with Crippen molar-refractivity contribution < 1.29 is 14.2 Å². The van der Waals surface area contributed by atoms with Crippen molar-refractivity contribution in [3.8, 4) is 17.2 Å². The Morgan fingerprint density at radius 1 is 1.00 bits per heavy atom. The third-order valence-electron chi connectivity index (χ3n) is 5.65. The van der Waals surface area contributed by atoms with E-state index >= 15 is 0 Å². The van der Waals surface area contributed by atoms with E-state index in [4.69, 9.17) is 14.2 Å². The smallest absolute Gasteiger partial charge is 0.191 e. The molecule has 0 radical (unpaired) electrons. The molecule has 0 aromatic heterocycles. The number of likely N-dealkylation sites (tertiary alicyclic amines) is 1. The minimum Gasteiger partial charge on any atom is -0.496 e. The second-order valence-electron chi connectivity index (χ2n) is 7.62. The molecule has 31 heavy (non-hydrogen) atoms. The second kappa shape index (κ2) is 11.5. The van der Waals surface area contributed by atoms with Crippen molar-refractivity contribution in [1.82, 2.24) is 15.5 Å². The van der Waals surface area contributed by atoms with Gasteiger partial charge in [0.25, 0.3) is 0 Å². The Morgan fingerprint density at radius 3 is 2.19 bits per heavy atom. The summed E-state index contributed by atoms with van der Waals surface area (Å²) >= 11 is 0. The number of benzene rings is 2. The van der Waals surface area contributed by atoms with Gasteiger partial charge in [0.1, 0.15) is 17.2 Å². The average molecular weight is 427 g/mol. The zero-order valence-corrected chi connectivity index (χ0v) is 19.0. The maximum atomic E-state index is 5.54. The molecule has 2 aromatic rings. The zero-order valence-electron chi connectivity index (χ0n) is 19.0. The van der Waals surface area contributed by atoms with Gasteiger partial charge in [-0.1, -0.05) is 30.3 Å². The highest BCUT2D eigenvalue weighted by Gasteiger charge is 2.20. The predicted octanol–water partition coefficient (Wildman–Crippen LogP) is 3.04. The van der Waals surface area contributed by atoms with Crippen molar-refractivity contribution in [2.75, 3.05) is 41.5 Å². The highest BCUT2D eigenvalue weighted by molar-refractivity contribution is 5.80. The van der Waals surface area contributed by atoms with Crippen LogP contribution in [0.15, 0.2) is 47.5 Å². The largest absolute Gasteiger partial charge is 0.496 e. The van der Waals surface area contributed by atoms with E-state index in [1.54, 1.807) is 28.4 Å². The van der Waals surface area contributed by atoms with Gasteiger partial charge in [-0.3, -0.25) is 9.89 Å². The average Bonchev–Trinajstić information content (AvgIpc) is 2.82. The van der Waals surface area contributed by atoms with Crippen LogP contribution in [0.2, 0.25) is 0 Å². The lowest BCUT2D eigenvalue weighted by Gasteiger charge is -2.33. The number of guanidine groups is 1. The normalized spacial score (nSPS) is 15.4. The van der Waals surface area contributed by atoms with E-state index in [-0.39, 0.29) is 0 Å². The Balaban J connectivity index is 1.53. The number of nitrogens with zero attached hydrogens (tertiary/aromatic N) is 2. The van der Waals surface area contributed by atoms with Crippen molar-refractivity contribution in [1.29, 1.82) is 0 Å². The third-order valence-corrected chi connectivity index (χ3v) is 5.65. The van der Waals surface area contributed by atoms with E-state index in [0.717, 1.165) is 44.0 Å². The van der Waals surface area contributed by atoms with Crippen molar-refractivity contribution in [2.45, 2.75) is 32.0 Å². The Kier molecular flexibility index (Phi) is 8.41. The molecular weight excluding hydrogens is 392 g/mol. The van der Waals surface area contributed by atoms with Crippen LogP contribution in [0.5, 0.6) is 17.2 Å². The summed E-state index contributed by atoms with van der Waals surface area (Å²) in [6.45, 7) is 3.69. The maximum Gasteiger partial charge on any atom is 0.191 e. The first kappa shape index (κ1) is 22.7. The fourth-order valence-electron chi connectivity index (χ4n) is 3.89. The summed E-state index contributed by atoms with van der Waals surface area (Å²) in [7, 11) is 6.72. The van der Waals surface area contributed by atoms with Crippen LogP contribution in [0.3, 0.4) is 0 Å². The quantitative estimate of drug-likeness (QED) is 0.500. The van der Waals surface area contributed by atoms with Gasteiger partial charge in [0, 0.05) is 44.9 Å². The second-order valence-corrected chi connectivity index (χ2v) is 7.62. The fraction of sp³-hybridized carbons (Fsp3) is 0.458. The molecule has 0 unspecified atom stereocenters. The molecule has 0 atom stereocenters. The van der Waals surface area contributed by atoms with Gasteiger partial charge in [-0.15, -0.1) is 0 Å². The summed E-state index contributed by atoms with van der Waals surface area (Å²) in [5, 5.41) is 6.96. The summed E-state index contributed by atoms with van der Waals surface area (Å²) < 4.78 is 16.4. The van der Waals surface area contributed by atoms with Crippen LogP contribution in [0, 0.1) is 0 Å². The van der Waals surface area contributed by atoms with Crippen molar-refractivity contribution >= 4 is 5.96 Å². The molecule has 0 aliphatic carbocycles. The van der Waals surface area contributed by atoms with Crippen LogP contribution in [0.25, 0.3) is 0 Å². The molecule has 7 nitrogen and oxygen atoms in total. The van der Waals surface area contributed by atoms with Crippen molar-refractivity contribution in [3.05, 3.63) is 53.6 Å². The number of piperidine rings is 1. The molecule has 7 heteroatoms. The van der Waals surface area contributed by atoms with E-state index in [2.05, 4.69) is 50.9 Å².